The first-order chi connectivity index (χ1) is 7.11. The van der Waals surface area contributed by atoms with Crippen molar-refractivity contribution in [1.29, 1.82) is 0 Å². The Morgan fingerprint density at radius 3 is 2.80 bits per heavy atom. The number of ether oxygens (including phenoxy) is 2. The molecule has 0 saturated carbocycles. The van der Waals surface area contributed by atoms with Crippen LogP contribution in [-0.2, 0) is 0 Å². The topological polar surface area (TPSA) is 98.9 Å². The number of rotatable bonds is 2. The summed E-state index contributed by atoms with van der Waals surface area (Å²) in [4.78, 5) is 20.6. The second-order valence-corrected chi connectivity index (χ2v) is 2.76. The monoisotopic (exact) mass is 211 g/mol. The Morgan fingerprint density at radius 1 is 1.47 bits per heavy atom. The van der Waals surface area contributed by atoms with Crippen LogP contribution < -0.4 is 9.47 Å². The van der Waals surface area contributed by atoms with Crippen molar-refractivity contribution >= 4 is 11.7 Å². The number of benzene rings is 1. The summed E-state index contributed by atoms with van der Waals surface area (Å²) in [5, 5.41) is 19.4. The molecule has 0 aromatic heterocycles. The van der Waals surface area contributed by atoms with Gasteiger partial charge in [-0.3, -0.25) is 10.1 Å². The van der Waals surface area contributed by atoms with Crippen LogP contribution >= 0.6 is 0 Å². The number of carbonyl (C=O) groups is 1. The average Bonchev–Trinajstić information content (AvgIpc) is 2.62. The number of aromatic carboxylic acids is 1. The van der Waals surface area contributed by atoms with Gasteiger partial charge in [-0.1, -0.05) is 0 Å². The van der Waals surface area contributed by atoms with E-state index >= 15 is 0 Å². The maximum Gasteiger partial charge on any atom is 0.346 e. The van der Waals surface area contributed by atoms with Crippen molar-refractivity contribution in [3.8, 4) is 11.5 Å². The van der Waals surface area contributed by atoms with Crippen molar-refractivity contribution in [2.45, 2.75) is 0 Å². The van der Waals surface area contributed by atoms with Crippen molar-refractivity contribution in [1.82, 2.24) is 0 Å². The molecule has 15 heavy (non-hydrogen) atoms. The fourth-order valence-electron chi connectivity index (χ4n) is 1.32. The summed E-state index contributed by atoms with van der Waals surface area (Å²) in [5.41, 5.74) is -0.984. The summed E-state index contributed by atoms with van der Waals surface area (Å²) < 4.78 is 9.79. The molecule has 0 unspecified atom stereocenters. The van der Waals surface area contributed by atoms with Crippen LogP contribution in [0.4, 0.5) is 5.69 Å². The number of nitro groups is 1. The van der Waals surface area contributed by atoms with Gasteiger partial charge in [0.1, 0.15) is 0 Å². The first-order valence-electron chi connectivity index (χ1n) is 3.91. The Hall–Kier alpha value is -2.31. The van der Waals surface area contributed by atoms with E-state index in [4.69, 9.17) is 14.6 Å². The SMILES string of the molecule is O=C(O)c1c([N+](=O)[O-])ccc2c1OCO2. The molecule has 0 spiro atoms. The maximum absolute atomic E-state index is 10.8. The van der Waals surface area contributed by atoms with E-state index < -0.39 is 22.1 Å². The first kappa shape index (κ1) is 9.25. The number of hydrogen-bond donors (Lipinski definition) is 1. The number of carboxylic acid groups (broad SMARTS) is 1. The van der Waals surface area contributed by atoms with Crippen LogP contribution in [0.5, 0.6) is 11.5 Å². The molecule has 0 amide bonds. The van der Waals surface area contributed by atoms with Gasteiger partial charge in [-0.2, -0.15) is 0 Å². The van der Waals surface area contributed by atoms with E-state index in [1.807, 2.05) is 0 Å². The Bertz CT molecular complexity index is 455. The molecule has 0 bridgehead atoms. The molecular formula is C8H5NO6. The Balaban J connectivity index is 2.69. The Labute approximate surface area is 83.0 Å². The third-order valence-electron chi connectivity index (χ3n) is 1.93. The van der Waals surface area contributed by atoms with Crippen LogP contribution in [0.2, 0.25) is 0 Å². The van der Waals surface area contributed by atoms with Gasteiger partial charge in [0.25, 0.3) is 5.69 Å². The van der Waals surface area contributed by atoms with Crippen LogP contribution in [0.3, 0.4) is 0 Å². The van der Waals surface area contributed by atoms with Gasteiger partial charge in [-0.25, -0.2) is 4.79 Å². The van der Waals surface area contributed by atoms with Gasteiger partial charge in [0.2, 0.25) is 6.79 Å². The summed E-state index contributed by atoms with van der Waals surface area (Å²) >= 11 is 0. The molecule has 1 aliphatic rings. The molecule has 1 aliphatic heterocycles. The standard InChI is InChI=1S/C8H5NO6/c10-8(11)6-4(9(12)13)1-2-5-7(6)15-3-14-5/h1-2H,3H2,(H,10,11). The van der Waals surface area contributed by atoms with Gasteiger partial charge < -0.3 is 14.6 Å². The normalized spacial score (nSPS) is 12.5. The number of fused-ring (bicyclic) bond motifs is 1. The minimum Gasteiger partial charge on any atom is -0.477 e. The lowest BCUT2D eigenvalue weighted by molar-refractivity contribution is -0.385. The fraction of sp³-hybridized carbons (Fsp3) is 0.125. The number of hydrogen-bond acceptors (Lipinski definition) is 5. The van der Waals surface area contributed by atoms with Crippen LogP contribution in [-0.4, -0.2) is 22.8 Å². The second-order valence-electron chi connectivity index (χ2n) is 2.76. The van der Waals surface area contributed by atoms with E-state index in [0.29, 0.717) is 0 Å². The molecule has 1 heterocycles. The second kappa shape index (κ2) is 3.12. The first-order valence-corrected chi connectivity index (χ1v) is 3.91. The summed E-state index contributed by atoms with van der Waals surface area (Å²) in [6, 6.07) is 2.39. The van der Waals surface area contributed by atoms with Gasteiger partial charge in [0, 0.05) is 6.07 Å². The maximum atomic E-state index is 10.8. The highest BCUT2D eigenvalue weighted by molar-refractivity contribution is 5.96. The van der Waals surface area contributed by atoms with Gasteiger partial charge in [0.05, 0.1) is 4.92 Å². The molecule has 7 nitrogen and oxygen atoms in total. The van der Waals surface area contributed by atoms with E-state index in [2.05, 4.69) is 0 Å². The lowest BCUT2D eigenvalue weighted by atomic mass is 10.1. The number of nitrogens with zero attached hydrogens (tertiary/aromatic N) is 1. The summed E-state index contributed by atoms with van der Waals surface area (Å²) in [7, 11) is 0. The Kier molecular flexibility index (Phi) is 1.93. The highest BCUT2D eigenvalue weighted by Gasteiger charge is 2.30. The van der Waals surface area contributed by atoms with Crippen molar-refractivity contribution in [2.75, 3.05) is 6.79 Å². The molecule has 7 heteroatoms. The van der Waals surface area contributed by atoms with Crippen LogP contribution in [0.15, 0.2) is 12.1 Å². The molecule has 0 aliphatic carbocycles. The average molecular weight is 211 g/mol. The molecular weight excluding hydrogens is 206 g/mol. The van der Waals surface area contributed by atoms with E-state index in [0.717, 1.165) is 6.07 Å². The third-order valence-corrected chi connectivity index (χ3v) is 1.93. The molecule has 0 fully saturated rings. The smallest absolute Gasteiger partial charge is 0.346 e. The van der Waals surface area contributed by atoms with Crippen LogP contribution in [0.1, 0.15) is 10.4 Å². The highest BCUT2D eigenvalue weighted by Crippen LogP contribution is 2.40. The fourth-order valence-corrected chi connectivity index (χ4v) is 1.32. The number of nitro benzene ring substituents is 1. The van der Waals surface area contributed by atoms with E-state index in [1.54, 1.807) is 0 Å². The Morgan fingerprint density at radius 2 is 2.20 bits per heavy atom. The zero-order valence-corrected chi connectivity index (χ0v) is 7.30. The van der Waals surface area contributed by atoms with E-state index in [-0.39, 0.29) is 18.3 Å². The molecule has 1 aromatic rings. The minimum absolute atomic E-state index is 0.0864. The summed E-state index contributed by atoms with van der Waals surface area (Å²) in [6.45, 7) is -0.128. The quantitative estimate of drug-likeness (QED) is 0.579. The zero-order chi connectivity index (χ0) is 11.0. The van der Waals surface area contributed by atoms with Crippen LogP contribution in [0.25, 0.3) is 0 Å². The highest BCUT2D eigenvalue weighted by atomic mass is 16.7. The van der Waals surface area contributed by atoms with Crippen molar-refractivity contribution < 1.29 is 24.3 Å². The predicted molar refractivity (Wildman–Crippen MR) is 46.2 cm³/mol. The molecule has 1 N–H and O–H groups in total. The van der Waals surface area contributed by atoms with Gasteiger partial charge in [0.15, 0.2) is 17.1 Å². The van der Waals surface area contributed by atoms with Crippen molar-refractivity contribution in [3.05, 3.63) is 27.8 Å². The van der Waals surface area contributed by atoms with Crippen molar-refractivity contribution in [3.63, 3.8) is 0 Å². The predicted octanol–water partition coefficient (Wildman–Crippen LogP) is 1.02. The molecule has 1 aromatic carbocycles. The molecule has 0 atom stereocenters. The summed E-state index contributed by atoms with van der Waals surface area (Å²) in [5.74, 6) is -1.29. The van der Waals surface area contributed by atoms with Gasteiger partial charge in [-0.15, -0.1) is 0 Å². The number of carboxylic acids is 1. The van der Waals surface area contributed by atoms with Gasteiger partial charge in [-0.05, 0) is 6.07 Å². The molecule has 0 saturated heterocycles. The minimum atomic E-state index is -1.41. The van der Waals surface area contributed by atoms with E-state index in [1.165, 1.54) is 6.07 Å². The lowest BCUT2D eigenvalue weighted by Gasteiger charge is -2.01. The summed E-state index contributed by atoms with van der Waals surface area (Å²) in [6.07, 6.45) is 0. The van der Waals surface area contributed by atoms with Crippen LogP contribution in [0, 0.1) is 10.1 Å². The van der Waals surface area contributed by atoms with Crippen molar-refractivity contribution in [2.24, 2.45) is 0 Å². The molecule has 2 rings (SSSR count). The zero-order valence-electron chi connectivity index (χ0n) is 7.30. The lowest BCUT2D eigenvalue weighted by Crippen LogP contribution is -2.04. The molecule has 0 radical (unpaired) electrons. The largest absolute Gasteiger partial charge is 0.477 e. The third kappa shape index (κ3) is 1.33. The van der Waals surface area contributed by atoms with Gasteiger partial charge >= 0.3 is 5.97 Å². The molecule has 78 valence electrons. The van der Waals surface area contributed by atoms with E-state index in [9.17, 15) is 14.9 Å².